The summed E-state index contributed by atoms with van der Waals surface area (Å²) in [6.07, 6.45) is 11.6. The number of ether oxygens (including phenoxy) is 1. The Morgan fingerprint density at radius 1 is 1.00 bits per heavy atom. The van der Waals surface area contributed by atoms with Gasteiger partial charge in [0.2, 0.25) is 5.89 Å². The van der Waals surface area contributed by atoms with Gasteiger partial charge in [0.25, 0.3) is 0 Å². The predicted molar refractivity (Wildman–Crippen MR) is 146 cm³/mol. The molecule has 4 fully saturated rings. The van der Waals surface area contributed by atoms with Gasteiger partial charge in [0.15, 0.2) is 5.78 Å². The van der Waals surface area contributed by atoms with Crippen molar-refractivity contribution in [1.82, 2.24) is 10.3 Å². The topological polar surface area (TPSA) is 64.4 Å². The number of nitrogens with zero attached hydrogens (tertiary/aromatic N) is 1. The lowest BCUT2D eigenvalue weighted by Gasteiger charge is -2.57. The van der Waals surface area contributed by atoms with E-state index in [1.807, 2.05) is 54.7 Å². The summed E-state index contributed by atoms with van der Waals surface area (Å²) in [6.45, 7) is 0. The molecule has 1 unspecified atom stereocenters. The van der Waals surface area contributed by atoms with Crippen LogP contribution >= 0.6 is 22.6 Å². The quantitative estimate of drug-likeness (QED) is 0.268. The van der Waals surface area contributed by atoms with Crippen molar-refractivity contribution in [3.63, 3.8) is 0 Å². The summed E-state index contributed by atoms with van der Waals surface area (Å²) in [6, 6.07) is 15.6. The molecule has 0 saturated heterocycles. The van der Waals surface area contributed by atoms with Gasteiger partial charge in [-0.05, 0) is 115 Å². The lowest BCUT2D eigenvalue weighted by molar-refractivity contribution is -0.0132. The number of fused-ring (bicyclic) bond motifs is 1. The van der Waals surface area contributed by atoms with Crippen LogP contribution in [0.5, 0.6) is 5.75 Å². The van der Waals surface area contributed by atoms with Gasteiger partial charge in [0.05, 0.1) is 17.3 Å². The summed E-state index contributed by atoms with van der Waals surface area (Å²) >= 11 is 2.29. The SMILES string of the molecule is O=C1/C(=C\NC23CC4CC(CC(C4)C2)C3)C(Cc2cnc(-c3ccc(I)cc3)o2)Oc2ccccc21. The van der Waals surface area contributed by atoms with Crippen molar-refractivity contribution in [2.75, 3.05) is 0 Å². The number of aromatic nitrogens is 1. The highest BCUT2D eigenvalue weighted by Gasteiger charge is 2.50. The smallest absolute Gasteiger partial charge is 0.226 e. The second-order valence-electron chi connectivity index (χ2n) is 11.2. The fraction of sp³-hybridized carbons (Fsp3) is 0.400. The number of para-hydroxylation sites is 1. The van der Waals surface area contributed by atoms with E-state index in [2.05, 4.69) is 32.9 Å². The normalized spacial score (nSPS) is 31.4. The maximum absolute atomic E-state index is 13.7. The first kappa shape index (κ1) is 22.6. The summed E-state index contributed by atoms with van der Waals surface area (Å²) in [7, 11) is 0. The molecule has 3 aromatic rings. The molecule has 2 aromatic carbocycles. The molecule has 4 aliphatic carbocycles. The zero-order chi connectivity index (χ0) is 24.3. The Labute approximate surface area is 224 Å². The van der Waals surface area contributed by atoms with Crippen molar-refractivity contribution in [1.29, 1.82) is 0 Å². The summed E-state index contributed by atoms with van der Waals surface area (Å²) in [5.74, 6) is 4.48. The first-order chi connectivity index (χ1) is 17.5. The van der Waals surface area contributed by atoms with E-state index in [-0.39, 0.29) is 11.3 Å². The van der Waals surface area contributed by atoms with Crippen molar-refractivity contribution >= 4 is 28.4 Å². The fourth-order valence-electron chi connectivity index (χ4n) is 7.41. The van der Waals surface area contributed by atoms with E-state index in [1.54, 1.807) is 6.20 Å². The van der Waals surface area contributed by atoms with Crippen LogP contribution in [-0.2, 0) is 6.42 Å². The number of carbonyl (C=O) groups is 1. The maximum atomic E-state index is 13.7. The van der Waals surface area contributed by atoms with Crippen molar-refractivity contribution < 1.29 is 13.9 Å². The summed E-state index contributed by atoms with van der Waals surface area (Å²) in [5, 5.41) is 3.80. The van der Waals surface area contributed by atoms with Gasteiger partial charge >= 0.3 is 0 Å². The molecule has 184 valence electrons. The van der Waals surface area contributed by atoms with Gasteiger partial charge in [-0.25, -0.2) is 4.98 Å². The highest BCUT2D eigenvalue weighted by molar-refractivity contribution is 14.1. The maximum Gasteiger partial charge on any atom is 0.226 e. The van der Waals surface area contributed by atoms with E-state index in [0.717, 1.165) is 26.9 Å². The number of nitrogens with one attached hydrogen (secondary N) is 1. The Kier molecular flexibility index (Phi) is 5.49. The van der Waals surface area contributed by atoms with Gasteiger partial charge in [0, 0.05) is 27.3 Å². The van der Waals surface area contributed by atoms with Crippen LogP contribution < -0.4 is 10.1 Å². The van der Waals surface area contributed by atoms with Crippen LogP contribution in [0.2, 0.25) is 0 Å². The molecular formula is C30H29IN2O3. The number of halogens is 1. The van der Waals surface area contributed by atoms with Gasteiger partial charge in [0.1, 0.15) is 17.6 Å². The second-order valence-corrected chi connectivity index (χ2v) is 12.5. The molecule has 2 heterocycles. The minimum absolute atomic E-state index is 0.0384. The van der Waals surface area contributed by atoms with E-state index < -0.39 is 6.10 Å². The molecule has 1 atom stereocenters. The molecule has 0 spiro atoms. The lowest BCUT2D eigenvalue weighted by Crippen LogP contribution is -2.57. The lowest BCUT2D eigenvalue weighted by atomic mass is 9.53. The monoisotopic (exact) mass is 592 g/mol. The van der Waals surface area contributed by atoms with Crippen molar-refractivity contribution in [2.45, 2.75) is 56.6 Å². The Bertz CT molecular complexity index is 1310. The molecule has 1 aliphatic heterocycles. The van der Waals surface area contributed by atoms with Crippen LogP contribution in [-0.4, -0.2) is 22.4 Å². The number of rotatable bonds is 5. The number of ketones is 1. The number of carbonyl (C=O) groups excluding carboxylic acids is 1. The third kappa shape index (κ3) is 4.07. The van der Waals surface area contributed by atoms with Crippen molar-refractivity contribution in [2.24, 2.45) is 17.8 Å². The minimum Gasteiger partial charge on any atom is -0.484 e. The van der Waals surface area contributed by atoms with Crippen LogP contribution in [0.3, 0.4) is 0 Å². The number of hydrogen-bond donors (Lipinski definition) is 1. The van der Waals surface area contributed by atoms with Crippen molar-refractivity contribution in [3.05, 3.63) is 81.4 Å². The molecule has 1 aromatic heterocycles. The molecule has 1 N–H and O–H groups in total. The molecule has 5 nitrogen and oxygen atoms in total. The Morgan fingerprint density at radius 2 is 1.69 bits per heavy atom. The largest absolute Gasteiger partial charge is 0.484 e. The van der Waals surface area contributed by atoms with E-state index in [1.165, 1.54) is 38.5 Å². The van der Waals surface area contributed by atoms with E-state index in [9.17, 15) is 4.79 Å². The highest BCUT2D eigenvalue weighted by Crippen LogP contribution is 2.55. The third-order valence-corrected chi connectivity index (χ3v) is 9.33. The molecule has 0 amide bonds. The van der Waals surface area contributed by atoms with E-state index in [4.69, 9.17) is 9.15 Å². The first-order valence-electron chi connectivity index (χ1n) is 13.0. The zero-order valence-electron chi connectivity index (χ0n) is 20.1. The number of Topliss-reactive ketones (excluding diaryl/α,β-unsaturated/α-hetero) is 1. The minimum atomic E-state index is -0.425. The molecule has 8 rings (SSSR count). The van der Waals surface area contributed by atoms with Gasteiger partial charge in [-0.2, -0.15) is 0 Å². The van der Waals surface area contributed by atoms with E-state index >= 15 is 0 Å². The van der Waals surface area contributed by atoms with Gasteiger partial charge < -0.3 is 14.5 Å². The predicted octanol–water partition coefficient (Wildman–Crippen LogP) is 6.57. The molecule has 5 aliphatic rings. The van der Waals surface area contributed by atoms with Crippen LogP contribution in [0.25, 0.3) is 11.5 Å². The van der Waals surface area contributed by atoms with Crippen LogP contribution in [0.15, 0.2) is 70.9 Å². The van der Waals surface area contributed by atoms with Crippen LogP contribution in [0.1, 0.15) is 54.6 Å². The molecule has 36 heavy (non-hydrogen) atoms. The fourth-order valence-corrected chi connectivity index (χ4v) is 7.77. The molecule has 6 heteroatoms. The molecule has 4 bridgehead atoms. The van der Waals surface area contributed by atoms with Crippen LogP contribution in [0.4, 0.5) is 0 Å². The standard InChI is InChI=1S/C30H29IN2O3/c31-22-7-5-21(6-8-22)29-32-16-23(35-29)12-27-25(28(34)24-3-1-2-4-26(24)36-27)17-33-30-13-18-9-19(14-30)11-20(10-18)15-30/h1-8,16-20,27,33H,9-15H2/b25-17-. The van der Waals surface area contributed by atoms with E-state index in [0.29, 0.717) is 35.0 Å². The van der Waals surface area contributed by atoms with Crippen molar-refractivity contribution in [3.8, 4) is 17.2 Å². The van der Waals surface area contributed by atoms with Gasteiger partial charge in [-0.1, -0.05) is 12.1 Å². The summed E-state index contributed by atoms with van der Waals surface area (Å²) < 4.78 is 13.7. The first-order valence-corrected chi connectivity index (χ1v) is 14.1. The summed E-state index contributed by atoms with van der Waals surface area (Å²) in [5.41, 5.74) is 2.38. The van der Waals surface area contributed by atoms with Gasteiger partial charge in [-0.15, -0.1) is 0 Å². The average Bonchev–Trinajstić information content (AvgIpc) is 3.32. The Balaban J connectivity index is 1.18. The highest BCUT2D eigenvalue weighted by atomic mass is 127. The number of benzene rings is 2. The zero-order valence-corrected chi connectivity index (χ0v) is 22.2. The van der Waals surface area contributed by atoms with Crippen LogP contribution in [0, 0.1) is 21.3 Å². The Morgan fingerprint density at radius 3 is 2.42 bits per heavy atom. The number of hydrogen-bond acceptors (Lipinski definition) is 5. The third-order valence-electron chi connectivity index (χ3n) is 8.61. The second kappa shape index (κ2) is 8.75. The van der Waals surface area contributed by atoms with Gasteiger partial charge in [-0.3, -0.25) is 4.79 Å². The Hall–Kier alpha value is -2.61. The number of oxazole rings is 1. The molecular weight excluding hydrogens is 563 g/mol. The molecule has 0 radical (unpaired) electrons. The summed E-state index contributed by atoms with van der Waals surface area (Å²) in [4.78, 5) is 18.2. The average molecular weight is 592 g/mol. The molecule has 4 saturated carbocycles.